The Labute approximate surface area is 137 Å². The van der Waals surface area contributed by atoms with Crippen LogP contribution in [0.25, 0.3) is 0 Å². The van der Waals surface area contributed by atoms with Gasteiger partial charge in [0.15, 0.2) is 6.61 Å². The maximum absolute atomic E-state index is 12.0. The van der Waals surface area contributed by atoms with Crippen molar-refractivity contribution in [1.82, 2.24) is 9.62 Å². The maximum Gasteiger partial charge on any atom is 0.340 e. The summed E-state index contributed by atoms with van der Waals surface area (Å²) in [7, 11) is -1.11. The first-order chi connectivity index (χ1) is 10.6. The molecule has 126 valence electrons. The van der Waals surface area contributed by atoms with Crippen LogP contribution in [0.5, 0.6) is 0 Å². The summed E-state index contributed by atoms with van der Waals surface area (Å²) in [5, 5.41) is 1.65. The number of amides is 3. The first kappa shape index (κ1) is 18.9. The minimum atomic E-state index is -3.77. The Bertz CT molecular complexity index is 747. The quantitative estimate of drug-likeness (QED) is 0.703. The molecule has 0 aliphatic rings. The molecule has 11 heteroatoms. The van der Waals surface area contributed by atoms with Crippen LogP contribution in [0.15, 0.2) is 23.1 Å². The van der Waals surface area contributed by atoms with E-state index in [1.807, 2.05) is 0 Å². The van der Waals surface area contributed by atoms with Gasteiger partial charge in [0.1, 0.15) is 0 Å². The Hall–Kier alpha value is -2.17. The highest BCUT2D eigenvalue weighted by Gasteiger charge is 2.22. The molecule has 9 nitrogen and oxygen atoms in total. The number of carbonyl (C=O) groups excluding carboxylic acids is 3. The number of primary amides is 1. The Morgan fingerprint density at radius 3 is 2.43 bits per heavy atom. The van der Waals surface area contributed by atoms with Crippen molar-refractivity contribution in [3.05, 3.63) is 28.8 Å². The molecule has 1 aromatic carbocycles. The number of carbonyl (C=O) groups is 3. The molecule has 23 heavy (non-hydrogen) atoms. The number of hydrogen-bond donors (Lipinski definition) is 2. The molecule has 0 atom stereocenters. The lowest BCUT2D eigenvalue weighted by atomic mass is 10.2. The number of nitrogens with zero attached hydrogens (tertiary/aromatic N) is 1. The lowest BCUT2D eigenvalue weighted by Crippen LogP contribution is -2.37. The van der Waals surface area contributed by atoms with Crippen molar-refractivity contribution in [2.24, 2.45) is 5.73 Å². The van der Waals surface area contributed by atoms with Gasteiger partial charge in [-0.25, -0.2) is 22.3 Å². The Balaban J connectivity index is 2.98. The number of ether oxygens (including phenoxy) is 1. The van der Waals surface area contributed by atoms with Crippen LogP contribution in [-0.4, -0.2) is 51.3 Å². The highest BCUT2D eigenvalue weighted by Crippen LogP contribution is 2.22. The molecular formula is C12H14ClN3O6S. The summed E-state index contributed by atoms with van der Waals surface area (Å²) < 4.78 is 29.7. The number of rotatable bonds is 5. The zero-order valence-corrected chi connectivity index (χ0v) is 13.8. The van der Waals surface area contributed by atoms with Crippen molar-refractivity contribution in [2.45, 2.75) is 4.90 Å². The Kier molecular flexibility index (Phi) is 6.07. The van der Waals surface area contributed by atoms with Gasteiger partial charge < -0.3 is 10.5 Å². The van der Waals surface area contributed by atoms with Gasteiger partial charge in [-0.2, -0.15) is 0 Å². The lowest BCUT2D eigenvalue weighted by molar-refractivity contribution is -0.123. The maximum atomic E-state index is 12.0. The van der Waals surface area contributed by atoms with Crippen LogP contribution in [-0.2, 0) is 19.6 Å². The van der Waals surface area contributed by atoms with Crippen molar-refractivity contribution in [3.63, 3.8) is 0 Å². The lowest BCUT2D eigenvalue weighted by Gasteiger charge is -2.13. The number of halogens is 1. The average Bonchev–Trinajstić information content (AvgIpc) is 2.44. The fourth-order valence-corrected chi connectivity index (χ4v) is 2.54. The monoisotopic (exact) mass is 363 g/mol. The molecule has 0 spiro atoms. The van der Waals surface area contributed by atoms with Crippen LogP contribution in [0.3, 0.4) is 0 Å². The number of urea groups is 1. The first-order valence-electron chi connectivity index (χ1n) is 6.04. The van der Waals surface area contributed by atoms with E-state index in [0.29, 0.717) is 0 Å². The summed E-state index contributed by atoms with van der Waals surface area (Å²) in [6.45, 7) is -0.775. The van der Waals surface area contributed by atoms with Crippen LogP contribution >= 0.6 is 11.6 Å². The number of sulfonamides is 1. The van der Waals surface area contributed by atoms with Gasteiger partial charge in [0.2, 0.25) is 10.0 Å². The van der Waals surface area contributed by atoms with Gasteiger partial charge >= 0.3 is 12.0 Å². The number of benzene rings is 1. The molecule has 0 bridgehead atoms. The number of hydrogen-bond acceptors (Lipinski definition) is 6. The van der Waals surface area contributed by atoms with Crippen molar-refractivity contribution >= 4 is 39.5 Å². The van der Waals surface area contributed by atoms with Gasteiger partial charge in [-0.15, -0.1) is 0 Å². The molecular weight excluding hydrogens is 350 g/mol. The number of imide groups is 1. The summed E-state index contributed by atoms with van der Waals surface area (Å²) in [5.41, 5.74) is 4.49. The van der Waals surface area contributed by atoms with Gasteiger partial charge in [-0.05, 0) is 18.2 Å². The highest BCUT2D eigenvalue weighted by molar-refractivity contribution is 7.89. The largest absolute Gasteiger partial charge is 0.452 e. The molecule has 0 unspecified atom stereocenters. The molecule has 0 radical (unpaired) electrons. The molecule has 0 fully saturated rings. The number of nitrogens with two attached hydrogens (primary N) is 1. The fourth-order valence-electron chi connectivity index (χ4n) is 1.41. The molecule has 0 aliphatic heterocycles. The standard InChI is InChI=1S/C12H14ClN3O6S/c1-16(2)23(20,21)7-3-4-9(13)8(5-7)11(18)22-6-10(17)15-12(14)19/h3-5H,6H2,1-2H3,(H3,14,15,17,19). The highest BCUT2D eigenvalue weighted by atomic mass is 35.5. The summed E-state index contributed by atoms with van der Waals surface area (Å²) in [6.07, 6.45) is 0. The second-order valence-electron chi connectivity index (χ2n) is 4.42. The van der Waals surface area contributed by atoms with Crippen LogP contribution in [0, 0.1) is 0 Å². The van der Waals surface area contributed by atoms with E-state index in [0.717, 1.165) is 10.4 Å². The van der Waals surface area contributed by atoms with Crippen LogP contribution in [0.2, 0.25) is 5.02 Å². The zero-order chi connectivity index (χ0) is 17.8. The third kappa shape index (κ3) is 4.91. The van der Waals surface area contributed by atoms with Crippen LogP contribution < -0.4 is 11.1 Å². The SMILES string of the molecule is CN(C)S(=O)(=O)c1ccc(Cl)c(C(=O)OCC(=O)NC(N)=O)c1. The molecule has 0 heterocycles. The minimum Gasteiger partial charge on any atom is -0.452 e. The molecule has 0 saturated carbocycles. The number of nitrogens with one attached hydrogen (secondary N) is 1. The zero-order valence-electron chi connectivity index (χ0n) is 12.2. The van der Waals surface area contributed by atoms with Crippen molar-refractivity contribution in [1.29, 1.82) is 0 Å². The minimum absolute atomic E-state index is 0.0528. The Morgan fingerprint density at radius 2 is 1.91 bits per heavy atom. The van der Waals surface area contributed by atoms with Crippen molar-refractivity contribution in [2.75, 3.05) is 20.7 Å². The molecule has 0 aromatic heterocycles. The predicted octanol–water partition coefficient (Wildman–Crippen LogP) is -0.0580. The van der Waals surface area contributed by atoms with E-state index >= 15 is 0 Å². The second kappa shape index (κ2) is 7.40. The van der Waals surface area contributed by atoms with Crippen LogP contribution in [0.1, 0.15) is 10.4 Å². The Morgan fingerprint density at radius 1 is 1.30 bits per heavy atom. The third-order valence-corrected chi connectivity index (χ3v) is 4.67. The van der Waals surface area contributed by atoms with E-state index in [-0.39, 0.29) is 15.5 Å². The van der Waals surface area contributed by atoms with Gasteiger partial charge in [-0.1, -0.05) is 11.6 Å². The van der Waals surface area contributed by atoms with Crippen LogP contribution in [0.4, 0.5) is 4.79 Å². The van der Waals surface area contributed by atoms with Gasteiger partial charge in [-0.3, -0.25) is 10.1 Å². The van der Waals surface area contributed by atoms with Gasteiger partial charge in [0.05, 0.1) is 15.5 Å². The molecule has 3 amide bonds. The predicted molar refractivity (Wildman–Crippen MR) is 80.3 cm³/mol. The summed E-state index contributed by atoms with van der Waals surface area (Å²) >= 11 is 5.84. The van der Waals surface area contributed by atoms with E-state index in [9.17, 15) is 22.8 Å². The van der Waals surface area contributed by atoms with E-state index in [4.69, 9.17) is 17.3 Å². The molecule has 0 aliphatic carbocycles. The van der Waals surface area contributed by atoms with Crippen molar-refractivity contribution < 1.29 is 27.5 Å². The molecule has 0 saturated heterocycles. The average molecular weight is 364 g/mol. The molecule has 1 aromatic rings. The fraction of sp³-hybridized carbons (Fsp3) is 0.250. The topological polar surface area (TPSA) is 136 Å². The van der Waals surface area contributed by atoms with Gasteiger partial charge in [0, 0.05) is 14.1 Å². The second-order valence-corrected chi connectivity index (χ2v) is 6.98. The normalized spacial score (nSPS) is 11.1. The first-order valence-corrected chi connectivity index (χ1v) is 7.86. The van der Waals surface area contributed by atoms with E-state index in [1.54, 1.807) is 5.32 Å². The third-order valence-electron chi connectivity index (χ3n) is 2.53. The smallest absolute Gasteiger partial charge is 0.340 e. The van der Waals surface area contributed by atoms with E-state index in [2.05, 4.69) is 4.74 Å². The summed E-state index contributed by atoms with van der Waals surface area (Å²) in [5.74, 6) is -1.95. The molecule has 3 N–H and O–H groups in total. The summed E-state index contributed by atoms with van der Waals surface area (Å²) in [6, 6.07) is 2.39. The molecule has 1 rings (SSSR count). The van der Waals surface area contributed by atoms with Crippen molar-refractivity contribution in [3.8, 4) is 0 Å². The van der Waals surface area contributed by atoms with E-state index in [1.165, 1.54) is 26.2 Å². The number of esters is 1. The van der Waals surface area contributed by atoms with E-state index < -0.39 is 34.5 Å². The van der Waals surface area contributed by atoms with Gasteiger partial charge in [0.25, 0.3) is 5.91 Å². The summed E-state index contributed by atoms with van der Waals surface area (Å²) in [4.78, 5) is 33.3.